The number of anilines is 1. The molecule has 0 fully saturated rings. The predicted octanol–water partition coefficient (Wildman–Crippen LogP) is 8.56. The molecule has 0 spiro atoms. The number of aromatic nitrogens is 3. The second kappa shape index (κ2) is 13.2. The van der Waals surface area contributed by atoms with Crippen LogP contribution in [0.15, 0.2) is 54.7 Å². The summed E-state index contributed by atoms with van der Waals surface area (Å²) in [4.78, 5) is 30.8. The lowest BCUT2D eigenvalue weighted by atomic mass is 10.0. The van der Waals surface area contributed by atoms with Gasteiger partial charge in [0.05, 0.1) is 6.61 Å². The molecular weight excluding hydrogens is 627 g/mol. The topological polar surface area (TPSA) is 95.3 Å². The number of alkyl halides is 3. The maximum absolute atomic E-state index is 15.8. The van der Waals surface area contributed by atoms with E-state index >= 15 is 4.39 Å². The number of benzene rings is 2. The molecule has 1 unspecified atom stereocenters. The summed E-state index contributed by atoms with van der Waals surface area (Å²) < 4.78 is 90.1. The van der Waals surface area contributed by atoms with Gasteiger partial charge >= 0.3 is 18.1 Å². The molecule has 9 nitrogen and oxygen atoms in total. The summed E-state index contributed by atoms with van der Waals surface area (Å²) in [6.45, 7) is 10.7. The van der Waals surface area contributed by atoms with Crippen LogP contribution in [-0.4, -0.2) is 50.8 Å². The van der Waals surface area contributed by atoms with E-state index in [0.717, 1.165) is 24.3 Å². The normalized spacial score (nSPS) is 12.9. The lowest BCUT2D eigenvalue weighted by Gasteiger charge is -2.26. The van der Waals surface area contributed by atoms with Crippen LogP contribution in [0.1, 0.15) is 59.1 Å². The summed E-state index contributed by atoms with van der Waals surface area (Å²) in [5.74, 6) is -6.10. The van der Waals surface area contributed by atoms with Gasteiger partial charge in [-0.1, -0.05) is 24.3 Å². The summed E-state index contributed by atoms with van der Waals surface area (Å²) in [5.41, 5.74) is -1.80. The van der Waals surface area contributed by atoms with Gasteiger partial charge in [-0.3, -0.25) is 0 Å². The van der Waals surface area contributed by atoms with E-state index in [2.05, 4.69) is 10.1 Å². The Morgan fingerprint density at radius 3 is 2.09 bits per heavy atom. The van der Waals surface area contributed by atoms with Gasteiger partial charge in [-0.25, -0.2) is 27.3 Å². The maximum Gasteiger partial charge on any atom is 0.427 e. The van der Waals surface area contributed by atoms with Crippen LogP contribution in [0.2, 0.25) is 0 Å². The Kier molecular flexibility index (Phi) is 9.83. The molecule has 0 saturated carbocycles. The summed E-state index contributed by atoms with van der Waals surface area (Å²) >= 11 is 0. The molecule has 2 aromatic heterocycles. The first kappa shape index (κ1) is 35.1. The third-order valence-corrected chi connectivity index (χ3v) is 6.52. The highest BCUT2D eigenvalue weighted by atomic mass is 19.3. The molecule has 1 atom stereocenters. The quantitative estimate of drug-likeness (QED) is 0.175. The highest BCUT2D eigenvalue weighted by Gasteiger charge is 2.42. The molecule has 4 aromatic rings. The molecule has 14 heteroatoms. The van der Waals surface area contributed by atoms with Gasteiger partial charge in [0.1, 0.15) is 17.0 Å². The molecule has 2 aromatic carbocycles. The fourth-order valence-corrected chi connectivity index (χ4v) is 4.34. The van der Waals surface area contributed by atoms with Crippen LogP contribution in [0.3, 0.4) is 0 Å². The van der Waals surface area contributed by atoms with Crippen molar-refractivity contribution in [3.8, 4) is 16.9 Å². The second-order valence-electron chi connectivity index (χ2n) is 12.7. The first-order valence-electron chi connectivity index (χ1n) is 14.6. The highest BCUT2D eigenvalue weighted by Crippen LogP contribution is 2.37. The van der Waals surface area contributed by atoms with E-state index in [4.69, 9.17) is 14.2 Å². The van der Waals surface area contributed by atoms with Crippen LogP contribution in [0.5, 0.6) is 5.75 Å². The molecule has 0 N–H and O–H groups in total. The number of carbonyl (C=O) groups is 2. The Morgan fingerprint density at radius 2 is 1.51 bits per heavy atom. The minimum absolute atomic E-state index is 0.0437. The number of fused-ring (bicyclic) bond motifs is 1. The molecule has 0 aliphatic heterocycles. The van der Waals surface area contributed by atoms with E-state index in [1.165, 1.54) is 35.8 Å². The van der Waals surface area contributed by atoms with Crippen molar-refractivity contribution < 1.29 is 45.8 Å². The van der Waals surface area contributed by atoms with Gasteiger partial charge in [-0.2, -0.15) is 13.8 Å². The smallest absolute Gasteiger partial charge is 0.427 e. The van der Waals surface area contributed by atoms with E-state index in [0.29, 0.717) is 16.0 Å². The number of hydrogen-bond acceptors (Lipinski definition) is 7. The van der Waals surface area contributed by atoms with Crippen LogP contribution in [-0.2, 0) is 15.4 Å². The summed E-state index contributed by atoms with van der Waals surface area (Å²) in [6.07, 6.45) is -4.16. The number of nitrogens with zero attached hydrogens (tertiary/aromatic N) is 4. The van der Waals surface area contributed by atoms with Gasteiger partial charge in [0.25, 0.3) is 5.95 Å². The number of aryl methyl sites for hydroxylation is 1. The van der Waals surface area contributed by atoms with Gasteiger partial charge in [0, 0.05) is 23.7 Å². The monoisotopic (exact) mass is 662 g/mol. The Bertz CT molecular complexity index is 1740. The summed E-state index contributed by atoms with van der Waals surface area (Å²) in [7, 11) is 0. The highest BCUT2D eigenvalue weighted by molar-refractivity contribution is 6.08. The minimum Gasteiger partial charge on any atom is -0.490 e. The standard InChI is InChI=1S/C33H35F5N4O5/c1-19-8-13-23(26(36)27(19)45-17-15-24(35)33(37,38)21-9-11-22(34)12-10-21)20-14-16-41-25(18-20)39-28(40-41)42(29(43)46-31(2,3)4)30(44)47-32(5,6)7/h8-14,16,18,24H,15,17H2,1-7H3. The van der Waals surface area contributed by atoms with Crippen LogP contribution in [0.4, 0.5) is 37.5 Å². The Balaban J connectivity index is 1.58. The Morgan fingerprint density at radius 1 is 0.915 bits per heavy atom. The predicted molar refractivity (Wildman–Crippen MR) is 163 cm³/mol. The van der Waals surface area contributed by atoms with E-state index in [1.54, 1.807) is 47.6 Å². The second-order valence-corrected chi connectivity index (χ2v) is 12.7. The summed E-state index contributed by atoms with van der Waals surface area (Å²) in [6, 6.07) is 9.18. The molecule has 0 radical (unpaired) electrons. The van der Waals surface area contributed by atoms with E-state index in [9.17, 15) is 27.2 Å². The number of pyridine rings is 1. The van der Waals surface area contributed by atoms with Crippen molar-refractivity contribution in [2.75, 3.05) is 11.5 Å². The Hall–Kier alpha value is -4.75. The lowest BCUT2D eigenvalue weighted by molar-refractivity contribution is -0.0847. The minimum atomic E-state index is -3.92. The number of halogens is 5. The van der Waals surface area contributed by atoms with Crippen molar-refractivity contribution in [3.05, 3.63) is 77.5 Å². The van der Waals surface area contributed by atoms with Crippen molar-refractivity contribution in [3.63, 3.8) is 0 Å². The van der Waals surface area contributed by atoms with Crippen molar-refractivity contribution in [1.29, 1.82) is 0 Å². The third-order valence-electron chi connectivity index (χ3n) is 6.52. The zero-order valence-corrected chi connectivity index (χ0v) is 26.9. The number of carbonyl (C=O) groups excluding carboxylic acids is 2. The van der Waals surface area contributed by atoms with Crippen LogP contribution < -0.4 is 9.64 Å². The van der Waals surface area contributed by atoms with E-state index in [1.807, 2.05) is 0 Å². The molecule has 0 saturated heterocycles. The molecule has 252 valence electrons. The number of rotatable bonds is 8. The largest absolute Gasteiger partial charge is 0.490 e. The number of ether oxygens (including phenoxy) is 3. The molecule has 47 heavy (non-hydrogen) atoms. The van der Waals surface area contributed by atoms with Crippen LogP contribution >= 0.6 is 0 Å². The van der Waals surface area contributed by atoms with Crippen molar-refractivity contribution in [2.24, 2.45) is 0 Å². The number of hydrogen-bond donors (Lipinski definition) is 0. The average Bonchev–Trinajstić information content (AvgIpc) is 3.35. The van der Waals surface area contributed by atoms with Gasteiger partial charge in [-0.05, 0) is 83.9 Å². The van der Waals surface area contributed by atoms with Gasteiger partial charge < -0.3 is 14.2 Å². The molecule has 0 aliphatic carbocycles. The first-order valence-corrected chi connectivity index (χ1v) is 14.6. The summed E-state index contributed by atoms with van der Waals surface area (Å²) in [5, 5.41) is 4.20. The molecule has 0 aliphatic rings. The maximum atomic E-state index is 15.8. The van der Waals surface area contributed by atoms with Crippen molar-refractivity contribution >= 4 is 23.8 Å². The zero-order valence-electron chi connectivity index (χ0n) is 26.9. The molecular formula is C33H35F5N4O5. The molecule has 2 heterocycles. The average molecular weight is 663 g/mol. The van der Waals surface area contributed by atoms with E-state index < -0.39 is 65.7 Å². The number of amides is 2. The van der Waals surface area contributed by atoms with Gasteiger partial charge in [0.15, 0.2) is 23.4 Å². The SMILES string of the molecule is Cc1ccc(-c2ccn3nc(N(C(=O)OC(C)(C)C)C(=O)OC(C)(C)C)nc3c2)c(F)c1OCCC(F)C(F)(F)c1ccc(F)cc1. The molecule has 0 bridgehead atoms. The third kappa shape index (κ3) is 8.35. The first-order chi connectivity index (χ1) is 21.8. The van der Waals surface area contributed by atoms with Crippen molar-refractivity contribution in [1.82, 2.24) is 14.6 Å². The van der Waals surface area contributed by atoms with Crippen molar-refractivity contribution in [2.45, 2.75) is 78.2 Å². The zero-order chi connectivity index (χ0) is 34.9. The fourth-order valence-electron chi connectivity index (χ4n) is 4.34. The Labute approximate surface area is 268 Å². The van der Waals surface area contributed by atoms with Gasteiger partial charge in [0.2, 0.25) is 0 Å². The van der Waals surface area contributed by atoms with Gasteiger partial charge in [-0.15, -0.1) is 10.00 Å². The fraction of sp³-hybridized carbons (Fsp3) is 0.394. The lowest BCUT2D eigenvalue weighted by Crippen LogP contribution is -2.44. The van der Waals surface area contributed by atoms with Crippen LogP contribution in [0, 0.1) is 18.6 Å². The molecule has 4 rings (SSSR count). The van der Waals surface area contributed by atoms with E-state index in [-0.39, 0.29) is 22.9 Å². The number of imide groups is 1. The van der Waals surface area contributed by atoms with Crippen LogP contribution in [0.25, 0.3) is 16.8 Å². The molecule has 2 amide bonds.